The van der Waals surface area contributed by atoms with Crippen molar-refractivity contribution in [2.45, 2.75) is 18.8 Å². The Morgan fingerprint density at radius 2 is 1.83 bits per heavy atom. The summed E-state index contributed by atoms with van der Waals surface area (Å²) in [5.41, 5.74) is 0.727. The molecule has 1 N–H and O–H groups in total. The predicted molar refractivity (Wildman–Crippen MR) is 82.2 cm³/mol. The summed E-state index contributed by atoms with van der Waals surface area (Å²) in [5.74, 6) is -1.91. The Labute approximate surface area is 137 Å². The van der Waals surface area contributed by atoms with Crippen molar-refractivity contribution in [3.63, 3.8) is 0 Å². The van der Waals surface area contributed by atoms with Crippen LogP contribution in [0.4, 0.5) is 13.6 Å². The van der Waals surface area contributed by atoms with Crippen LogP contribution in [0.3, 0.4) is 0 Å². The molecule has 0 saturated carbocycles. The zero-order valence-corrected chi connectivity index (χ0v) is 12.8. The number of para-hydroxylation sites is 1. The van der Waals surface area contributed by atoms with Crippen molar-refractivity contribution in [2.24, 2.45) is 0 Å². The summed E-state index contributed by atoms with van der Waals surface area (Å²) in [5, 5.41) is 9.01. The first-order chi connectivity index (χ1) is 11.6. The van der Waals surface area contributed by atoms with Gasteiger partial charge in [-0.1, -0.05) is 12.1 Å². The molecule has 1 aromatic heterocycles. The molecule has 126 valence electrons. The minimum Gasteiger partial charge on any atom is -0.465 e. The third-order valence-electron chi connectivity index (χ3n) is 4.12. The summed E-state index contributed by atoms with van der Waals surface area (Å²) in [6, 6.07) is 7.02. The van der Waals surface area contributed by atoms with Gasteiger partial charge in [0.25, 0.3) is 0 Å². The number of hydrogen-bond acceptors (Lipinski definition) is 3. The molecule has 0 unspecified atom stereocenters. The smallest absolute Gasteiger partial charge is 0.407 e. The van der Waals surface area contributed by atoms with Gasteiger partial charge in [-0.05, 0) is 37.0 Å². The number of carbonyl (C=O) groups is 1. The van der Waals surface area contributed by atoms with E-state index in [0.29, 0.717) is 25.9 Å². The van der Waals surface area contributed by atoms with Crippen molar-refractivity contribution in [3.8, 4) is 11.6 Å². The molecule has 0 bridgehead atoms. The Morgan fingerprint density at radius 3 is 2.46 bits per heavy atom. The van der Waals surface area contributed by atoms with E-state index in [1.54, 1.807) is 12.1 Å². The van der Waals surface area contributed by atoms with Crippen LogP contribution in [0.5, 0.6) is 11.6 Å². The van der Waals surface area contributed by atoms with Gasteiger partial charge in [0, 0.05) is 24.8 Å². The third kappa shape index (κ3) is 3.29. The van der Waals surface area contributed by atoms with E-state index < -0.39 is 23.5 Å². The number of likely N-dealkylation sites (tertiary alicyclic amines) is 1. The Kier molecular flexibility index (Phi) is 4.59. The molecule has 0 aliphatic carbocycles. The number of benzene rings is 1. The maximum atomic E-state index is 13.8. The second-order valence-electron chi connectivity index (χ2n) is 5.59. The highest BCUT2D eigenvalue weighted by atomic mass is 19.1. The highest BCUT2D eigenvalue weighted by molar-refractivity contribution is 5.65. The maximum Gasteiger partial charge on any atom is 0.407 e. The van der Waals surface area contributed by atoms with Gasteiger partial charge in [0.15, 0.2) is 11.6 Å². The van der Waals surface area contributed by atoms with Crippen molar-refractivity contribution in [1.29, 1.82) is 0 Å². The van der Waals surface area contributed by atoms with E-state index in [1.165, 1.54) is 17.2 Å². The molecule has 3 rings (SSSR count). The minimum atomic E-state index is -0.940. The zero-order valence-electron chi connectivity index (χ0n) is 12.8. The molecule has 2 heterocycles. The van der Waals surface area contributed by atoms with Crippen LogP contribution in [-0.4, -0.2) is 34.2 Å². The molecule has 7 heteroatoms. The standard InChI is InChI=1S/C17H16F2N2O3/c18-13-4-1-5-14(19)15(13)24-16-12(3-2-8-20-16)11-6-9-21(10-7-11)17(22)23/h1-5,8,11H,6-7,9-10H2,(H,22,23). The lowest BCUT2D eigenvalue weighted by Crippen LogP contribution is -2.36. The predicted octanol–water partition coefficient (Wildman–Crippen LogP) is 4.01. The SMILES string of the molecule is O=C(O)N1CCC(c2cccnc2Oc2c(F)cccc2F)CC1. The van der Waals surface area contributed by atoms with Crippen molar-refractivity contribution in [2.75, 3.05) is 13.1 Å². The molecule has 2 aromatic rings. The van der Waals surface area contributed by atoms with Crippen LogP contribution in [0.25, 0.3) is 0 Å². The summed E-state index contributed by atoms with van der Waals surface area (Å²) < 4.78 is 33.0. The fourth-order valence-electron chi connectivity index (χ4n) is 2.86. The van der Waals surface area contributed by atoms with Gasteiger partial charge in [-0.25, -0.2) is 18.6 Å². The molecule has 1 aromatic carbocycles. The number of hydrogen-bond donors (Lipinski definition) is 1. The Morgan fingerprint density at radius 1 is 1.17 bits per heavy atom. The zero-order chi connectivity index (χ0) is 17.1. The van der Waals surface area contributed by atoms with E-state index in [1.807, 2.05) is 0 Å². The highest BCUT2D eigenvalue weighted by Crippen LogP contribution is 2.36. The number of piperidine rings is 1. The number of halogens is 2. The van der Waals surface area contributed by atoms with Crippen LogP contribution in [-0.2, 0) is 0 Å². The van der Waals surface area contributed by atoms with Crippen molar-refractivity contribution >= 4 is 6.09 Å². The van der Waals surface area contributed by atoms with Crippen molar-refractivity contribution < 1.29 is 23.4 Å². The number of rotatable bonds is 3. The number of carboxylic acid groups (broad SMARTS) is 1. The average molecular weight is 334 g/mol. The second kappa shape index (κ2) is 6.82. The number of amides is 1. The summed E-state index contributed by atoms with van der Waals surface area (Å²) in [4.78, 5) is 16.4. The molecule has 1 fully saturated rings. The van der Waals surface area contributed by atoms with Gasteiger partial charge in [0.1, 0.15) is 0 Å². The number of aromatic nitrogens is 1. The third-order valence-corrected chi connectivity index (χ3v) is 4.12. The molecule has 1 aliphatic heterocycles. The van der Waals surface area contributed by atoms with Crippen LogP contribution in [0.1, 0.15) is 24.3 Å². The summed E-state index contributed by atoms with van der Waals surface area (Å²) in [6.07, 6.45) is 1.76. The lowest BCUT2D eigenvalue weighted by Gasteiger charge is -2.30. The van der Waals surface area contributed by atoms with Gasteiger partial charge in [0.05, 0.1) is 0 Å². The first-order valence-electron chi connectivity index (χ1n) is 7.61. The number of pyridine rings is 1. The van der Waals surface area contributed by atoms with Crippen LogP contribution < -0.4 is 4.74 Å². The van der Waals surface area contributed by atoms with Crippen LogP contribution in [0, 0.1) is 11.6 Å². The summed E-state index contributed by atoms with van der Waals surface area (Å²) in [6.45, 7) is 0.810. The van der Waals surface area contributed by atoms with E-state index in [-0.39, 0.29) is 11.8 Å². The molecule has 0 radical (unpaired) electrons. The topological polar surface area (TPSA) is 62.7 Å². The first kappa shape index (κ1) is 16.2. The molecule has 24 heavy (non-hydrogen) atoms. The quantitative estimate of drug-likeness (QED) is 0.921. The van der Waals surface area contributed by atoms with Crippen molar-refractivity contribution in [1.82, 2.24) is 9.88 Å². The molecule has 0 spiro atoms. The monoisotopic (exact) mass is 334 g/mol. The molecule has 1 saturated heterocycles. The van der Waals surface area contributed by atoms with Gasteiger partial charge in [0.2, 0.25) is 11.6 Å². The Bertz CT molecular complexity index is 726. The molecule has 0 atom stereocenters. The molecular formula is C17H16F2N2O3. The van der Waals surface area contributed by atoms with Gasteiger partial charge in [-0.15, -0.1) is 0 Å². The Balaban J connectivity index is 1.83. The number of ether oxygens (including phenoxy) is 1. The van der Waals surface area contributed by atoms with Crippen LogP contribution >= 0.6 is 0 Å². The molecule has 1 amide bonds. The van der Waals surface area contributed by atoms with Crippen LogP contribution in [0.15, 0.2) is 36.5 Å². The van der Waals surface area contributed by atoms with Gasteiger partial charge in [-0.3, -0.25) is 0 Å². The average Bonchev–Trinajstić information content (AvgIpc) is 2.59. The van der Waals surface area contributed by atoms with Gasteiger partial charge < -0.3 is 14.7 Å². The van der Waals surface area contributed by atoms with E-state index in [4.69, 9.17) is 9.84 Å². The fraction of sp³-hybridized carbons (Fsp3) is 0.294. The van der Waals surface area contributed by atoms with Crippen LogP contribution in [0.2, 0.25) is 0 Å². The normalized spacial score (nSPS) is 15.3. The minimum absolute atomic E-state index is 0.0270. The van der Waals surface area contributed by atoms with E-state index in [2.05, 4.69) is 4.98 Å². The molecule has 5 nitrogen and oxygen atoms in total. The number of nitrogens with zero attached hydrogens (tertiary/aromatic N) is 2. The fourth-order valence-corrected chi connectivity index (χ4v) is 2.86. The summed E-state index contributed by atoms with van der Waals surface area (Å²) >= 11 is 0. The van der Waals surface area contributed by atoms with E-state index >= 15 is 0 Å². The van der Waals surface area contributed by atoms with E-state index in [0.717, 1.165) is 17.7 Å². The molecular weight excluding hydrogens is 318 g/mol. The largest absolute Gasteiger partial charge is 0.465 e. The van der Waals surface area contributed by atoms with E-state index in [9.17, 15) is 13.6 Å². The Hall–Kier alpha value is -2.70. The van der Waals surface area contributed by atoms with Gasteiger partial charge in [-0.2, -0.15) is 0 Å². The highest BCUT2D eigenvalue weighted by Gasteiger charge is 2.26. The second-order valence-corrected chi connectivity index (χ2v) is 5.59. The van der Waals surface area contributed by atoms with Crippen molar-refractivity contribution in [3.05, 3.63) is 53.7 Å². The van der Waals surface area contributed by atoms with Gasteiger partial charge >= 0.3 is 6.09 Å². The summed E-state index contributed by atoms with van der Waals surface area (Å²) in [7, 11) is 0. The lowest BCUT2D eigenvalue weighted by atomic mass is 9.90. The molecule has 1 aliphatic rings. The first-order valence-corrected chi connectivity index (χ1v) is 7.61. The lowest BCUT2D eigenvalue weighted by molar-refractivity contribution is 0.132. The maximum absolute atomic E-state index is 13.8.